The van der Waals surface area contributed by atoms with Crippen molar-refractivity contribution in [2.45, 2.75) is 13.0 Å². The molecule has 2 aromatic carbocycles. The number of carbonyl (C=O) groups excluding carboxylic acids is 1. The molecule has 7 heteroatoms. The van der Waals surface area contributed by atoms with E-state index in [-0.39, 0.29) is 18.3 Å². The van der Waals surface area contributed by atoms with Gasteiger partial charge in [-0.25, -0.2) is 0 Å². The van der Waals surface area contributed by atoms with E-state index < -0.39 is 0 Å². The van der Waals surface area contributed by atoms with E-state index in [9.17, 15) is 4.79 Å². The van der Waals surface area contributed by atoms with Gasteiger partial charge in [0.15, 0.2) is 11.5 Å². The van der Waals surface area contributed by atoms with Gasteiger partial charge in [0.05, 0.1) is 26.9 Å². The van der Waals surface area contributed by atoms with Crippen molar-refractivity contribution in [1.82, 2.24) is 5.32 Å². The minimum Gasteiger partial charge on any atom is -0.493 e. The molecule has 0 spiro atoms. The summed E-state index contributed by atoms with van der Waals surface area (Å²) in [5.41, 5.74) is 3.67. The van der Waals surface area contributed by atoms with Crippen LogP contribution in [-0.4, -0.2) is 33.8 Å². The number of hydrogen-bond donors (Lipinski definition) is 2. The third-order valence-corrected chi connectivity index (χ3v) is 4.30. The van der Waals surface area contributed by atoms with E-state index >= 15 is 0 Å². The Morgan fingerprint density at radius 1 is 1.00 bits per heavy atom. The van der Waals surface area contributed by atoms with E-state index in [0.29, 0.717) is 22.8 Å². The second-order valence-corrected chi connectivity index (χ2v) is 5.75. The van der Waals surface area contributed by atoms with Crippen molar-refractivity contribution in [2.75, 3.05) is 33.2 Å². The smallest absolute Gasteiger partial charge is 0.259 e. The van der Waals surface area contributed by atoms with Gasteiger partial charge in [0, 0.05) is 12.2 Å². The van der Waals surface area contributed by atoms with Gasteiger partial charge in [-0.2, -0.15) is 0 Å². The van der Waals surface area contributed by atoms with Gasteiger partial charge in [0.1, 0.15) is 0 Å². The molecule has 0 fully saturated rings. The van der Waals surface area contributed by atoms with E-state index in [1.54, 1.807) is 12.1 Å². The van der Waals surface area contributed by atoms with E-state index in [4.69, 9.17) is 14.2 Å². The zero-order valence-electron chi connectivity index (χ0n) is 15.0. The molecule has 0 aliphatic carbocycles. The molecule has 1 heterocycles. The molecule has 0 unspecified atom stereocenters. The molecule has 6 nitrogen and oxygen atoms in total. The van der Waals surface area contributed by atoms with Crippen LogP contribution in [0.3, 0.4) is 0 Å². The van der Waals surface area contributed by atoms with Crippen LogP contribution >= 0.6 is 12.4 Å². The highest BCUT2D eigenvalue weighted by atomic mass is 35.5. The molecule has 1 aliphatic heterocycles. The first-order valence-corrected chi connectivity index (χ1v) is 8.10. The summed E-state index contributed by atoms with van der Waals surface area (Å²) < 4.78 is 16.0. The van der Waals surface area contributed by atoms with E-state index in [1.807, 2.05) is 12.1 Å². The third kappa shape index (κ3) is 3.86. The molecule has 1 aliphatic rings. The summed E-state index contributed by atoms with van der Waals surface area (Å²) in [5, 5.41) is 6.26. The Morgan fingerprint density at radius 3 is 2.46 bits per heavy atom. The normalized spacial score (nSPS) is 12.4. The zero-order valence-corrected chi connectivity index (χ0v) is 15.9. The van der Waals surface area contributed by atoms with Crippen LogP contribution in [-0.2, 0) is 13.0 Å². The second-order valence-electron chi connectivity index (χ2n) is 5.75. The van der Waals surface area contributed by atoms with Crippen LogP contribution < -0.4 is 24.8 Å². The monoisotopic (exact) mass is 378 g/mol. The van der Waals surface area contributed by atoms with Gasteiger partial charge in [-0.3, -0.25) is 4.79 Å². The fraction of sp³-hybridized carbons (Fsp3) is 0.316. The maximum atomic E-state index is 12.7. The van der Waals surface area contributed by atoms with Gasteiger partial charge in [-0.1, -0.05) is 6.07 Å². The van der Waals surface area contributed by atoms with Crippen LogP contribution in [0, 0.1) is 0 Å². The third-order valence-electron chi connectivity index (χ3n) is 4.30. The Balaban J connectivity index is 0.00000243. The number of amides is 1. The van der Waals surface area contributed by atoms with Crippen molar-refractivity contribution >= 4 is 24.0 Å². The summed E-state index contributed by atoms with van der Waals surface area (Å²) in [6.07, 6.45) is 1.01. The summed E-state index contributed by atoms with van der Waals surface area (Å²) in [7, 11) is 4.55. The van der Waals surface area contributed by atoms with Gasteiger partial charge in [-0.05, 0) is 48.4 Å². The summed E-state index contributed by atoms with van der Waals surface area (Å²) >= 11 is 0. The van der Waals surface area contributed by atoms with E-state index in [1.165, 1.54) is 32.5 Å². The predicted octanol–water partition coefficient (Wildman–Crippen LogP) is 3.03. The SMILES string of the molecule is COc1ccc(C(=O)Nc2ccc3c(c2)CNCC3)c(OC)c1OC.Cl. The topological polar surface area (TPSA) is 68.8 Å². The number of ether oxygens (including phenoxy) is 3. The molecule has 1 amide bonds. The Morgan fingerprint density at radius 2 is 1.77 bits per heavy atom. The fourth-order valence-electron chi connectivity index (χ4n) is 3.04. The number of hydrogen-bond acceptors (Lipinski definition) is 5. The molecule has 0 saturated carbocycles. The average Bonchev–Trinajstić information content (AvgIpc) is 2.66. The summed E-state index contributed by atoms with van der Waals surface area (Å²) in [6, 6.07) is 9.35. The van der Waals surface area contributed by atoms with Crippen LogP contribution in [0.15, 0.2) is 30.3 Å². The lowest BCUT2D eigenvalue weighted by molar-refractivity contribution is 0.102. The quantitative estimate of drug-likeness (QED) is 0.837. The molecule has 0 radical (unpaired) electrons. The summed E-state index contributed by atoms with van der Waals surface area (Å²) in [5.74, 6) is 0.989. The number of nitrogens with one attached hydrogen (secondary N) is 2. The number of carbonyl (C=O) groups is 1. The van der Waals surface area contributed by atoms with Crippen LogP contribution in [0.5, 0.6) is 17.2 Å². The van der Waals surface area contributed by atoms with Gasteiger partial charge in [0.25, 0.3) is 5.91 Å². The molecule has 140 valence electrons. The van der Waals surface area contributed by atoms with Crippen molar-refractivity contribution in [3.05, 3.63) is 47.0 Å². The molecular formula is C19H23ClN2O4. The molecule has 2 N–H and O–H groups in total. The number of halogens is 1. The largest absolute Gasteiger partial charge is 0.493 e. The van der Waals surface area contributed by atoms with Gasteiger partial charge in [-0.15, -0.1) is 12.4 Å². The predicted molar refractivity (Wildman–Crippen MR) is 103 cm³/mol. The second kappa shape index (κ2) is 8.78. The molecule has 0 bridgehead atoms. The first kappa shape index (κ1) is 19.9. The minimum absolute atomic E-state index is 0. The average molecular weight is 379 g/mol. The van der Waals surface area contributed by atoms with Crippen molar-refractivity contribution in [2.24, 2.45) is 0 Å². The number of methoxy groups -OCH3 is 3. The highest BCUT2D eigenvalue weighted by Gasteiger charge is 2.21. The van der Waals surface area contributed by atoms with Crippen molar-refractivity contribution in [3.8, 4) is 17.2 Å². The maximum Gasteiger partial charge on any atom is 0.259 e. The minimum atomic E-state index is -0.262. The lowest BCUT2D eigenvalue weighted by Gasteiger charge is -2.19. The van der Waals surface area contributed by atoms with Crippen LogP contribution in [0.2, 0.25) is 0 Å². The standard InChI is InChI=1S/C19H22N2O4.ClH/c1-23-16-7-6-15(17(24-2)18(16)25-3)19(22)21-14-5-4-12-8-9-20-11-13(12)10-14;/h4-7,10,20H,8-9,11H2,1-3H3,(H,21,22);1H. The highest BCUT2D eigenvalue weighted by Crippen LogP contribution is 2.40. The Bertz CT molecular complexity index is 795. The molecule has 26 heavy (non-hydrogen) atoms. The first-order chi connectivity index (χ1) is 12.2. The van der Waals surface area contributed by atoms with E-state index in [0.717, 1.165) is 25.2 Å². The molecule has 0 atom stereocenters. The van der Waals surface area contributed by atoms with Crippen LogP contribution in [0.4, 0.5) is 5.69 Å². The number of fused-ring (bicyclic) bond motifs is 1. The molecular weight excluding hydrogens is 356 g/mol. The first-order valence-electron chi connectivity index (χ1n) is 8.10. The molecule has 2 aromatic rings. The fourth-order valence-corrected chi connectivity index (χ4v) is 3.04. The summed E-state index contributed by atoms with van der Waals surface area (Å²) in [6.45, 7) is 1.81. The number of rotatable bonds is 5. The highest BCUT2D eigenvalue weighted by molar-refractivity contribution is 6.07. The Labute approximate surface area is 159 Å². The zero-order chi connectivity index (χ0) is 17.8. The van der Waals surface area contributed by atoms with Gasteiger partial charge in [0.2, 0.25) is 5.75 Å². The Kier molecular flexibility index (Phi) is 6.71. The van der Waals surface area contributed by atoms with Crippen LogP contribution in [0.1, 0.15) is 21.5 Å². The maximum absolute atomic E-state index is 12.7. The lowest BCUT2D eigenvalue weighted by Crippen LogP contribution is -2.23. The molecule has 0 aromatic heterocycles. The number of anilines is 1. The van der Waals surface area contributed by atoms with Gasteiger partial charge < -0.3 is 24.8 Å². The Hall–Kier alpha value is -2.44. The van der Waals surface area contributed by atoms with Crippen molar-refractivity contribution in [1.29, 1.82) is 0 Å². The number of benzene rings is 2. The van der Waals surface area contributed by atoms with Crippen LogP contribution in [0.25, 0.3) is 0 Å². The van der Waals surface area contributed by atoms with Crippen molar-refractivity contribution in [3.63, 3.8) is 0 Å². The van der Waals surface area contributed by atoms with Crippen molar-refractivity contribution < 1.29 is 19.0 Å². The van der Waals surface area contributed by atoms with E-state index in [2.05, 4.69) is 16.7 Å². The lowest BCUT2D eigenvalue weighted by atomic mass is 10.0. The molecule has 3 rings (SSSR count). The van der Waals surface area contributed by atoms with Gasteiger partial charge >= 0.3 is 0 Å². The summed E-state index contributed by atoms with van der Waals surface area (Å²) in [4.78, 5) is 12.7. The molecule has 0 saturated heterocycles.